The number of aromatic nitrogens is 2. The van der Waals surface area contributed by atoms with Gasteiger partial charge in [-0.3, -0.25) is 19.2 Å². The van der Waals surface area contributed by atoms with E-state index in [9.17, 15) is 29.1 Å². The third-order valence-corrected chi connectivity index (χ3v) is 4.95. The van der Waals surface area contributed by atoms with E-state index in [4.69, 9.17) is 10.8 Å². The van der Waals surface area contributed by atoms with E-state index in [1.54, 1.807) is 30.3 Å². The highest BCUT2D eigenvalue weighted by Crippen LogP contribution is 2.06. The second-order valence-corrected chi connectivity index (χ2v) is 7.75. The zero-order valence-electron chi connectivity index (χ0n) is 18.8. The van der Waals surface area contributed by atoms with Crippen molar-refractivity contribution in [3.05, 3.63) is 54.1 Å². The van der Waals surface area contributed by atoms with Crippen LogP contribution in [-0.2, 0) is 36.8 Å². The van der Waals surface area contributed by atoms with Crippen molar-refractivity contribution in [3.63, 3.8) is 0 Å². The fourth-order valence-corrected chi connectivity index (χ4v) is 3.13. The Kier molecular flexibility index (Phi) is 10.4. The van der Waals surface area contributed by atoms with Gasteiger partial charge in [0, 0.05) is 31.2 Å². The molecule has 0 spiro atoms. The minimum absolute atomic E-state index is 0.0387. The van der Waals surface area contributed by atoms with Crippen LogP contribution in [-0.4, -0.2) is 74.5 Å². The number of aromatic amines is 1. The van der Waals surface area contributed by atoms with Crippen LogP contribution in [0.4, 0.5) is 0 Å². The average molecular weight is 489 g/mol. The van der Waals surface area contributed by atoms with Gasteiger partial charge in [-0.25, -0.2) is 9.78 Å². The molecule has 0 aliphatic rings. The van der Waals surface area contributed by atoms with Crippen molar-refractivity contribution in [2.45, 2.75) is 43.8 Å². The van der Waals surface area contributed by atoms with Crippen molar-refractivity contribution in [2.24, 2.45) is 5.73 Å². The van der Waals surface area contributed by atoms with Crippen molar-refractivity contribution in [2.75, 3.05) is 6.54 Å². The Bertz CT molecular complexity index is 1010. The first-order valence-corrected chi connectivity index (χ1v) is 10.7. The fraction of sp³-hybridized carbons (Fsp3) is 0.364. The van der Waals surface area contributed by atoms with Gasteiger partial charge in [0.1, 0.15) is 12.1 Å². The number of aliphatic carboxylic acids is 2. The van der Waals surface area contributed by atoms with E-state index in [0.29, 0.717) is 11.3 Å². The predicted molar refractivity (Wildman–Crippen MR) is 122 cm³/mol. The first-order valence-electron chi connectivity index (χ1n) is 10.7. The molecule has 13 nitrogen and oxygen atoms in total. The fourth-order valence-electron chi connectivity index (χ4n) is 3.13. The summed E-state index contributed by atoms with van der Waals surface area (Å²) in [6.07, 6.45) is 2.40. The van der Waals surface area contributed by atoms with Crippen LogP contribution in [0.3, 0.4) is 0 Å². The van der Waals surface area contributed by atoms with Gasteiger partial charge in [-0.1, -0.05) is 30.3 Å². The van der Waals surface area contributed by atoms with Crippen LogP contribution in [0.25, 0.3) is 0 Å². The van der Waals surface area contributed by atoms with Gasteiger partial charge in [-0.05, 0) is 12.0 Å². The number of carbonyl (C=O) groups excluding carboxylic acids is 3. The number of hydrogen-bond donors (Lipinski definition) is 7. The molecule has 2 rings (SSSR count). The molecule has 0 aliphatic heterocycles. The summed E-state index contributed by atoms with van der Waals surface area (Å²) in [5.41, 5.74) is 7.16. The lowest BCUT2D eigenvalue weighted by molar-refractivity contribution is -0.143. The van der Waals surface area contributed by atoms with Crippen molar-refractivity contribution in [3.8, 4) is 0 Å². The van der Waals surface area contributed by atoms with Crippen LogP contribution < -0.4 is 21.7 Å². The van der Waals surface area contributed by atoms with Crippen molar-refractivity contribution in [1.29, 1.82) is 0 Å². The summed E-state index contributed by atoms with van der Waals surface area (Å²) < 4.78 is 0. The molecule has 1 heterocycles. The Labute approximate surface area is 200 Å². The van der Waals surface area contributed by atoms with E-state index in [1.807, 2.05) is 0 Å². The van der Waals surface area contributed by atoms with Crippen LogP contribution in [0, 0.1) is 0 Å². The number of amides is 3. The molecule has 0 fully saturated rings. The summed E-state index contributed by atoms with van der Waals surface area (Å²) in [6.45, 7) is -0.463. The summed E-state index contributed by atoms with van der Waals surface area (Å²) >= 11 is 0. The largest absolute Gasteiger partial charge is 0.481 e. The quantitative estimate of drug-likeness (QED) is 0.165. The number of H-pyrrole nitrogens is 1. The molecule has 8 N–H and O–H groups in total. The Morgan fingerprint density at radius 2 is 1.69 bits per heavy atom. The maximum absolute atomic E-state index is 12.8. The number of carbonyl (C=O) groups is 5. The van der Waals surface area contributed by atoms with E-state index in [1.165, 1.54) is 12.5 Å². The Morgan fingerprint density at radius 1 is 0.971 bits per heavy atom. The molecule has 3 unspecified atom stereocenters. The number of benzene rings is 1. The standard InChI is InChI=1S/C22H28N6O7/c23-15(9-14-10-24-12-26-14)20(32)25-11-18(29)27-17(8-13-4-2-1-3-5-13)21(33)28-16(22(34)35)6-7-19(30)31/h1-5,10,12,15-17H,6-9,11,23H2,(H,24,26)(H,25,32)(H,27,29)(H,28,33)(H,30,31)(H,34,35). The summed E-state index contributed by atoms with van der Waals surface area (Å²) in [5.74, 6) is -4.69. The highest BCUT2D eigenvalue weighted by Gasteiger charge is 2.27. The van der Waals surface area contributed by atoms with Crippen LogP contribution in [0.2, 0.25) is 0 Å². The molecule has 3 atom stereocenters. The molecule has 2 aromatic rings. The smallest absolute Gasteiger partial charge is 0.326 e. The maximum Gasteiger partial charge on any atom is 0.326 e. The number of rotatable bonds is 14. The maximum atomic E-state index is 12.8. The molecule has 35 heavy (non-hydrogen) atoms. The number of carboxylic acid groups (broad SMARTS) is 2. The van der Waals surface area contributed by atoms with E-state index in [2.05, 4.69) is 25.9 Å². The molecule has 0 bridgehead atoms. The summed E-state index contributed by atoms with van der Waals surface area (Å²) in [6, 6.07) is 5.13. The summed E-state index contributed by atoms with van der Waals surface area (Å²) in [7, 11) is 0. The van der Waals surface area contributed by atoms with Gasteiger partial charge >= 0.3 is 11.9 Å². The van der Waals surface area contributed by atoms with E-state index in [-0.39, 0.29) is 19.3 Å². The third kappa shape index (κ3) is 9.63. The zero-order valence-corrected chi connectivity index (χ0v) is 18.8. The average Bonchev–Trinajstić information content (AvgIpc) is 3.33. The van der Waals surface area contributed by atoms with Crippen molar-refractivity contribution in [1.82, 2.24) is 25.9 Å². The van der Waals surface area contributed by atoms with Crippen LogP contribution >= 0.6 is 0 Å². The van der Waals surface area contributed by atoms with Gasteiger partial charge < -0.3 is 36.9 Å². The van der Waals surface area contributed by atoms with E-state index in [0.717, 1.165) is 0 Å². The third-order valence-electron chi connectivity index (χ3n) is 4.95. The number of carboxylic acids is 2. The molecular weight excluding hydrogens is 460 g/mol. The topological polar surface area (TPSA) is 217 Å². The van der Waals surface area contributed by atoms with Gasteiger partial charge in [-0.15, -0.1) is 0 Å². The number of nitrogens with two attached hydrogens (primary N) is 1. The second kappa shape index (κ2) is 13.4. The van der Waals surface area contributed by atoms with Gasteiger partial charge in [0.2, 0.25) is 17.7 Å². The van der Waals surface area contributed by atoms with Crippen molar-refractivity contribution < 1.29 is 34.2 Å². The highest BCUT2D eigenvalue weighted by molar-refractivity contribution is 5.92. The summed E-state index contributed by atoms with van der Waals surface area (Å²) in [4.78, 5) is 66.4. The summed E-state index contributed by atoms with van der Waals surface area (Å²) in [5, 5.41) is 25.3. The lowest BCUT2D eigenvalue weighted by atomic mass is 10.0. The van der Waals surface area contributed by atoms with E-state index < -0.39 is 60.8 Å². The minimum Gasteiger partial charge on any atom is -0.481 e. The molecule has 3 amide bonds. The molecule has 13 heteroatoms. The zero-order chi connectivity index (χ0) is 25.8. The minimum atomic E-state index is -1.45. The predicted octanol–water partition coefficient (Wildman–Crippen LogP) is -1.44. The van der Waals surface area contributed by atoms with Gasteiger partial charge in [0.25, 0.3) is 0 Å². The van der Waals surface area contributed by atoms with Crippen molar-refractivity contribution >= 4 is 29.7 Å². The molecule has 188 valence electrons. The number of nitrogens with zero attached hydrogens (tertiary/aromatic N) is 1. The SMILES string of the molecule is NC(Cc1cnc[nH]1)C(=O)NCC(=O)NC(Cc1ccccc1)C(=O)NC(CCC(=O)O)C(=O)O. The first-order chi connectivity index (χ1) is 16.7. The molecule has 0 saturated carbocycles. The molecule has 0 aliphatic carbocycles. The molecule has 1 aromatic carbocycles. The molecule has 0 radical (unpaired) electrons. The number of nitrogens with one attached hydrogen (secondary N) is 4. The Balaban J connectivity index is 1.99. The number of imidazole rings is 1. The normalized spacial score (nSPS) is 13.2. The molecule has 1 aromatic heterocycles. The monoisotopic (exact) mass is 488 g/mol. The Hall–Kier alpha value is -4.26. The molecule has 0 saturated heterocycles. The van der Waals surface area contributed by atoms with Gasteiger partial charge in [0.15, 0.2) is 0 Å². The van der Waals surface area contributed by atoms with Crippen LogP contribution in [0.15, 0.2) is 42.9 Å². The second-order valence-electron chi connectivity index (χ2n) is 7.75. The van der Waals surface area contributed by atoms with Gasteiger partial charge in [0.05, 0.1) is 18.9 Å². The van der Waals surface area contributed by atoms with Crippen LogP contribution in [0.1, 0.15) is 24.1 Å². The lowest BCUT2D eigenvalue weighted by Gasteiger charge is -2.22. The number of hydrogen-bond acceptors (Lipinski definition) is 7. The lowest BCUT2D eigenvalue weighted by Crippen LogP contribution is -2.54. The molecular formula is C22H28N6O7. The Morgan fingerprint density at radius 3 is 2.29 bits per heavy atom. The van der Waals surface area contributed by atoms with E-state index >= 15 is 0 Å². The van der Waals surface area contributed by atoms with Gasteiger partial charge in [-0.2, -0.15) is 0 Å². The highest BCUT2D eigenvalue weighted by atomic mass is 16.4. The van der Waals surface area contributed by atoms with Crippen LogP contribution in [0.5, 0.6) is 0 Å². The first kappa shape index (κ1) is 27.0.